The molecule has 84 valence electrons. The molecule has 2 N–H and O–H groups in total. The molecule has 0 saturated carbocycles. The molecule has 1 aromatic carbocycles. The van der Waals surface area contributed by atoms with E-state index >= 15 is 0 Å². The number of methoxy groups -OCH3 is 2. The van der Waals surface area contributed by atoms with E-state index in [1.54, 1.807) is 14.2 Å². The maximum absolute atomic E-state index is 5.49. The second-order valence-corrected chi connectivity index (χ2v) is 5.37. The second kappa shape index (κ2) is 6.47. The van der Waals surface area contributed by atoms with Crippen LogP contribution in [0.15, 0.2) is 18.2 Å². The lowest BCUT2D eigenvalue weighted by Gasteiger charge is -2.11. The Kier molecular flexibility index (Phi) is 5.21. The number of benzene rings is 1. The smallest absolute Gasteiger partial charge is 0.160 e. The molecule has 1 aromatic rings. The predicted octanol–water partition coefficient (Wildman–Crippen LogP) is 0.265. The monoisotopic (exact) mass is 225 g/mol. The molecule has 0 fully saturated rings. The molecule has 0 bridgehead atoms. The van der Waals surface area contributed by atoms with Gasteiger partial charge in [-0.15, -0.1) is 0 Å². The lowest BCUT2D eigenvalue weighted by atomic mass is 10.3. The van der Waals surface area contributed by atoms with Crippen molar-refractivity contribution in [1.29, 1.82) is 0 Å². The van der Waals surface area contributed by atoms with Crippen molar-refractivity contribution in [1.82, 2.24) is 0 Å². The van der Waals surface area contributed by atoms with Gasteiger partial charge in [-0.1, -0.05) is 18.2 Å². The summed E-state index contributed by atoms with van der Waals surface area (Å²) in [6.45, 7) is 0.777. The summed E-state index contributed by atoms with van der Waals surface area (Å²) in [6.07, 6.45) is 1.10. The summed E-state index contributed by atoms with van der Waals surface area (Å²) >= 11 is 0. The van der Waals surface area contributed by atoms with Crippen LogP contribution in [-0.4, -0.2) is 30.3 Å². The van der Waals surface area contributed by atoms with Crippen LogP contribution in [0.25, 0.3) is 0 Å². The topological polar surface area (TPSA) is 44.5 Å². The standard InChI is InChI=1S/C11H19NO2Si/c1-13-9-5-3-6-10(11(9)14-2)15-8-4-7-12/h3,5-6H,4,7-8,12,15H2,1-2H3. The molecule has 0 amide bonds. The average Bonchev–Trinajstić information content (AvgIpc) is 2.29. The molecular weight excluding hydrogens is 206 g/mol. The first kappa shape index (κ1) is 12.1. The van der Waals surface area contributed by atoms with Crippen LogP contribution < -0.4 is 20.4 Å². The number of ether oxygens (including phenoxy) is 2. The number of rotatable bonds is 6. The van der Waals surface area contributed by atoms with Gasteiger partial charge in [0.25, 0.3) is 0 Å². The van der Waals surface area contributed by atoms with Gasteiger partial charge >= 0.3 is 0 Å². The third-order valence-corrected chi connectivity index (χ3v) is 4.33. The summed E-state index contributed by atoms with van der Waals surface area (Å²) in [7, 11) is 3.08. The van der Waals surface area contributed by atoms with Gasteiger partial charge in [-0.2, -0.15) is 0 Å². The van der Waals surface area contributed by atoms with E-state index in [1.165, 1.54) is 11.2 Å². The Bertz CT molecular complexity index is 305. The zero-order chi connectivity index (χ0) is 11.1. The van der Waals surface area contributed by atoms with Crippen LogP contribution in [0.5, 0.6) is 11.5 Å². The average molecular weight is 225 g/mol. The van der Waals surface area contributed by atoms with Gasteiger partial charge in [0.1, 0.15) is 0 Å². The van der Waals surface area contributed by atoms with Crippen LogP contribution >= 0.6 is 0 Å². The Morgan fingerprint density at radius 1 is 1.27 bits per heavy atom. The minimum Gasteiger partial charge on any atom is -0.493 e. The summed E-state index contributed by atoms with van der Waals surface area (Å²) < 4.78 is 10.6. The van der Waals surface area contributed by atoms with Crippen molar-refractivity contribution in [2.75, 3.05) is 20.8 Å². The molecular formula is C11H19NO2Si. The van der Waals surface area contributed by atoms with Gasteiger partial charge < -0.3 is 15.2 Å². The lowest BCUT2D eigenvalue weighted by Crippen LogP contribution is -2.18. The summed E-state index contributed by atoms with van der Waals surface area (Å²) in [6, 6.07) is 7.30. The highest BCUT2D eigenvalue weighted by Crippen LogP contribution is 2.23. The van der Waals surface area contributed by atoms with Crippen molar-refractivity contribution in [2.24, 2.45) is 5.73 Å². The lowest BCUT2D eigenvalue weighted by molar-refractivity contribution is 0.357. The molecule has 0 heterocycles. The number of hydrogen-bond acceptors (Lipinski definition) is 3. The summed E-state index contributed by atoms with van der Waals surface area (Å²) in [5.74, 6) is 1.74. The number of nitrogens with two attached hydrogens (primary N) is 1. The van der Waals surface area contributed by atoms with Crippen LogP contribution in [0.4, 0.5) is 0 Å². The minimum absolute atomic E-state index is 0.278. The quantitative estimate of drug-likeness (QED) is 0.558. The van der Waals surface area contributed by atoms with E-state index in [4.69, 9.17) is 15.2 Å². The van der Waals surface area contributed by atoms with Gasteiger partial charge in [0.2, 0.25) is 0 Å². The first-order valence-corrected chi connectivity index (χ1v) is 6.94. The normalized spacial score (nSPS) is 10.9. The van der Waals surface area contributed by atoms with Crippen molar-refractivity contribution in [3.63, 3.8) is 0 Å². The SMILES string of the molecule is COc1cccc([SiH2]CCCN)c1OC. The first-order valence-electron chi connectivity index (χ1n) is 5.23. The fourth-order valence-corrected chi connectivity index (χ4v) is 3.38. The molecule has 0 atom stereocenters. The van der Waals surface area contributed by atoms with E-state index in [0.29, 0.717) is 0 Å². The fourth-order valence-electron chi connectivity index (χ4n) is 1.61. The van der Waals surface area contributed by atoms with Gasteiger partial charge in [-0.25, -0.2) is 0 Å². The highest BCUT2D eigenvalue weighted by molar-refractivity contribution is 6.54. The number of para-hydroxylation sites is 1. The molecule has 0 aliphatic rings. The molecule has 1 rings (SSSR count). The molecule has 0 unspecified atom stereocenters. The molecule has 0 saturated heterocycles. The third kappa shape index (κ3) is 3.25. The van der Waals surface area contributed by atoms with Crippen molar-refractivity contribution in [3.05, 3.63) is 18.2 Å². The molecule has 0 aliphatic heterocycles. The first-order chi connectivity index (χ1) is 7.33. The largest absolute Gasteiger partial charge is 0.493 e. The van der Waals surface area contributed by atoms with Crippen LogP contribution in [0, 0.1) is 0 Å². The van der Waals surface area contributed by atoms with E-state index in [1.807, 2.05) is 12.1 Å². The Labute approximate surface area is 93.4 Å². The zero-order valence-electron chi connectivity index (χ0n) is 9.45. The van der Waals surface area contributed by atoms with Crippen molar-refractivity contribution >= 4 is 14.7 Å². The van der Waals surface area contributed by atoms with Gasteiger partial charge in [0.05, 0.1) is 23.7 Å². The molecule has 3 nitrogen and oxygen atoms in total. The van der Waals surface area contributed by atoms with Crippen molar-refractivity contribution in [2.45, 2.75) is 12.5 Å². The predicted molar refractivity (Wildman–Crippen MR) is 66.2 cm³/mol. The maximum Gasteiger partial charge on any atom is 0.160 e. The van der Waals surface area contributed by atoms with Gasteiger partial charge in [-0.05, 0) is 24.2 Å². The van der Waals surface area contributed by atoms with Gasteiger partial charge in [0.15, 0.2) is 11.5 Å². The summed E-state index contributed by atoms with van der Waals surface area (Å²) in [5, 5.41) is 1.32. The second-order valence-electron chi connectivity index (χ2n) is 3.40. The molecule has 0 radical (unpaired) electrons. The van der Waals surface area contributed by atoms with Crippen LogP contribution in [0.3, 0.4) is 0 Å². The minimum atomic E-state index is -0.278. The Hall–Kier alpha value is -1.00. The van der Waals surface area contributed by atoms with Crippen LogP contribution in [0.2, 0.25) is 6.04 Å². The highest BCUT2D eigenvalue weighted by atomic mass is 28.2. The number of hydrogen-bond donors (Lipinski definition) is 1. The van der Waals surface area contributed by atoms with Crippen LogP contribution in [0.1, 0.15) is 6.42 Å². The third-order valence-electron chi connectivity index (χ3n) is 2.38. The van der Waals surface area contributed by atoms with E-state index in [9.17, 15) is 0 Å². The van der Waals surface area contributed by atoms with Gasteiger partial charge in [-0.3, -0.25) is 0 Å². The molecule has 15 heavy (non-hydrogen) atoms. The zero-order valence-corrected chi connectivity index (χ0v) is 10.9. The van der Waals surface area contributed by atoms with Crippen molar-refractivity contribution in [3.8, 4) is 11.5 Å². The summed E-state index contributed by atoms with van der Waals surface area (Å²) in [4.78, 5) is 0. The molecule has 0 aromatic heterocycles. The molecule has 4 heteroatoms. The molecule has 0 spiro atoms. The summed E-state index contributed by atoms with van der Waals surface area (Å²) in [5.41, 5.74) is 5.49. The van der Waals surface area contributed by atoms with E-state index in [0.717, 1.165) is 24.5 Å². The van der Waals surface area contributed by atoms with E-state index in [2.05, 4.69) is 6.07 Å². The van der Waals surface area contributed by atoms with E-state index < -0.39 is 0 Å². The Balaban J connectivity index is 2.76. The van der Waals surface area contributed by atoms with Crippen LogP contribution in [-0.2, 0) is 0 Å². The van der Waals surface area contributed by atoms with E-state index in [-0.39, 0.29) is 9.52 Å². The maximum atomic E-state index is 5.49. The highest BCUT2D eigenvalue weighted by Gasteiger charge is 2.08. The van der Waals surface area contributed by atoms with Gasteiger partial charge in [0, 0.05) is 0 Å². The Morgan fingerprint density at radius 2 is 2.07 bits per heavy atom. The fraction of sp³-hybridized carbons (Fsp3) is 0.455. The Morgan fingerprint density at radius 3 is 2.67 bits per heavy atom. The van der Waals surface area contributed by atoms with Crippen molar-refractivity contribution < 1.29 is 9.47 Å². The molecule has 0 aliphatic carbocycles.